The molecule has 0 saturated carbocycles. The summed E-state index contributed by atoms with van der Waals surface area (Å²) in [5.41, 5.74) is 6.78. The van der Waals surface area contributed by atoms with Gasteiger partial charge in [-0.25, -0.2) is 4.39 Å². The molecule has 5 aromatic rings. The first-order chi connectivity index (χ1) is 16.3. The molecule has 0 radical (unpaired) electrons. The van der Waals surface area contributed by atoms with Gasteiger partial charge in [-0.1, -0.05) is 12.1 Å². The second-order valence-corrected chi connectivity index (χ2v) is 7.45. The van der Waals surface area contributed by atoms with Crippen molar-refractivity contribution in [3.63, 3.8) is 0 Å². The van der Waals surface area contributed by atoms with Crippen LogP contribution >= 0.6 is 0 Å². The molecule has 3 N–H and O–H groups in total. The summed E-state index contributed by atoms with van der Waals surface area (Å²) in [6.45, 7) is 0. The van der Waals surface area contributed by atoms with Crippen LogP contribution in [-0.4, -0.2) is 24.6 Å². The first-order valence-electron chi connectivity index (χ1n) is 9.97. The zero-order chi connectivity index (χ0) is 24.0. The number of nitrogens with zero attached hydrogens (tertiary/aromatic N) is 4. The van der Waals surface area contributed by atoms with Crippen molar-refractivity contribution in [2.75, 3.05) is 5.73 Å². The average Bonchev–Trinajstić information content (AvgIpc) is 3.13. The van der Waals surface area contributed by atoms with Gasteiger partial charge in [-0.3, -0.25) is 19.5 Å². The summed E-state index contributed by atoms with van der Waals surface area (Å²) >= 11 is 0. The zero-order valence-corrected chi connectivity index (χ0v) is 17.3. The molecule has 170 valence electrons. The maximum absolute atomic E-state index is 14.8. The lowest BCUT2D eigenvalue weighted by molar-refractivity contribution is -0.141. The number of rotatable bonds is 3. The number of alkyl halides is 3. The molecular weight excluding hydrogens is 450 g/mol. The van der Waals surface area contributed by atoms with Crippen LogP contribution in [0.15, 0.2) is 73.3 Å². The molecule has 3 aromatic heterocycles. The molecule has 0 aliphatic heterocycles. The molecule has 0 aliphatic carbocycles. The number of halogens is 4. The summed E-state index contributed by atoms with van der Waals surface area (Å²) in [5, 5.41) is 10.9. The van der Waals surface area contributed by atoms with Crippen molar-refractivity contribution < 1.29 is 22.7 Å². The molecule has 0 fully saturated rings. The van der Waals surface area contributed by atoms with Crippen molar-refractivity contribution in [2.24, 2.45) is 0 Å². The van der Waals surface area contributed by atoms with Crippen LogP contribution in [0.4, 0.5) is 23.4 Å². The number of anilines is 1. The summed E-state index contributed by atoms with van der Waals surface area (Å²) in [7, 11) is 0. The van der Waals surface area contributed by atoms with Crippen LogP contribution in [0.1, 0.15) is 5.69 Å². The highest BCUT2D eigenvalue weighted by Gasteiger charge is 2.33. The van der Waals surface area contributed by atoms with Gasteiger partial charge >= 0.3 is 6.18 Å². The van der Waals surface area contributed by atoms with E-state index in [-0.39, 0.29) is 22.6 Å². The van der Waals surface area contributed by atoms with Gasteiger partial charge in [0.25, 0.3) is 0 Å². The standard InChI is InChI=1S/C24H15F4N5O/c25-17-3-1-2-15-21(17)23(29)33(14-6-7-32-20(11-14)24(26,27)28)22(15)13-4-5-19(34)16(10-13)18-12-30-8-9-31-18/h1-12,34H,29H2. The quantitative estimate of drug-likeness (QED) is 0.339. The van der Waals surface area contributed by atoms with E-state index in [4.69, 9.17) is 5.73 Å². The van der Waals surface area contributed by atoms with Crippen LogP contribution in [0.25, 0.3) is 39.0 Å². The topological polar surface area (TPSA) is 89.9 Å². The molecule has 10 heteroatoms. The van der Waals surface area contributed by atoms with Gasteiger partial charge < -0.3 is 10.8 Å². The normalized spacial score (nSPS) is 11.8. The summed E-state index contributed by atoms with van der Waals surface area (Å²) in [6, 6.07) is 11.1. The van der Waals surface area contributed by atoms with Crippen LogP contribution in [-0.2, 0) is 6.18 Å². The van der Waals surface area contributed by atoms with Crippen molar-refractivity contribution in [2.45, 2.75) is 6.18 Å². The maximum Gasteiger partial charge on any atom is 0.433 e. The lowest BCUT2D eigenvalue weighted by atomic mass is 10.0. The number of fused-ring (bicyclic) bond motifs is 1. The van der Waals surface area contributed by atoms with Gasteiger partial charge in [-0.15, -0.1) is 0 Å². The number of benzene rings is 2. The van der Waals surface area contributed by atoms with Crippen molar-refractivity contribution in [1.29, 1.82) is 0 Å². The second-order valence-electron chi connectivity index (χ2n) is 7.45. The molecule has 0 amide bonds. The van der Waals surface area contributed by atoms with Crippen molar-refractivity contribution >= 4 is 16.6 Å². The predicted octanol–water partition coefficient (Wildman–Crippen LogP) is 5.60. The Balaban J connectivity index is 1.84. The van der Waals surface area contributed by atoms with Gasteiger partial charge in [0.1, 0.15) is 23.1 Å². The molecule has 3 heterocycles. The van der Waals surface area contributed by atoms with E-state index >= 15 is 0 Å². The third-order valence-corrected chi connectivity index (χ3v) is 5.39. The fourth-order valence-corrected chi connectivity index (χ4v) is 3.93. The predicted molar refractivity (Wildman–Crippen MR) is 119 cm³/mol. The Labute approximate surface area is 190 Å². The Morgan fingerprint density at radius 2 is 1.76 bits per heavy atom. The molecule has 6 nitrogen and oxygen atoms in total. The fraction of sp³-hybridized carbons (Fsp3) is 0.0417. The number of aromatic nitrogens is 4. The number of aromatic hydroxyl groups is 1. The van der Waals surface area contributed by atoms with Crippen LogP contribution in [0.3, 0.4) is 0 Å². The van der Waals surface area contributed by atoms with Crippen molar-refractivity contribution in [3.8, 4) is 34.0 Å². The van der Waals surface area contributed by atoms with Crippen molar-refractivity contribution in [3.05, 3.63) is 84.8 Å². The fourth-order valence-electron chi connectivity index (χ4n) is 3.93. The van der Waals surface area contributed by atoms with Gasteiger partial charge in [0.15, 0.2) is 0 Å². The monoisotopic (exact) mass is 465 g/mol. The minimum atomic E-state index is -4.68. The molecule has 0 spiro atoms. The highest BCUT2D eigenvalue weighted by Crippen LogP contribution is 2.42. The molecule has 34 heavy (non-hydrogen) atoms. The Hall–Kier alpha value is -4.47. The Morgan fingerprint density at radius 3 is 2.50 bits per heavy atom. The first-order valence-corrected chi connectivity index (χ1v) is 9.97. The Kier molecular flexibility index (Phi) is 4.93. The van der Waals surface area contributed by atoms with Gasteiger partial charge in [0.05, 0.1) is 28.7 Å². The molecule has 2 aromatic carbocycles. The van der Waals surface area contributed by atoms with E-state index < -0.39 is 17.7 Å². The molecule has 0 unspecified atom stereocenters. The van der Waals surface area contributed by atoms with Gasteiger partial charge in [0, 0.05) is 35.1 Å². The number of phenolic OH excluding ortho intramolecular Hbond substituents is 1. The number of hydrogen-bond donors (Lipinski definition) is 2. The minimum Gasteiger partial charge on any atom is -0.507 e. The van der Waals surface area contributed by atoms with E-state index in [0.29, 0.717) is 27.9 Å². The first kappa shape index (κ1) is 21.4. The smallest absolute Gasteiger partial charge is 0.433 e. The van der Waals surface area contributed by atoms with Gasteiger partial charge in [0.2, 0.25) is 0 Å². The van der Waals surface area contributed by atoms with Crippen LogP contribution < -0.4 is 5.73 Å². The minimum absolute atomic E-state index is 0.0551. The average molecular weight is 465 g/mol. The summed E-state index contributed by atoms with van der Waals surface area (Å²) < 4.78 is 56.2. The second kappa shape index (κ2) is 7.84. The number of phenols is 1. The molecule has 0 aliphatic rings. The number of hydrogen-bond acceptors (Lipinski definition) is 5. The van der Waals surface area contributed by atoms with Gasteiger partial charge in [-0.2, -0.15) is 13.2 Å². The summed E-state index contributed by atoms with van der Waals surface area (Å²) in [6.07, 6.45) is 0.740. The Morgan fingerprint density at radius 1 is 0.941 bits per heavy atom. The van der Waals surface area contributed by atoms with E-state index in [2.05, 4.69) is 15.0 Å². The van der Waals surface area contributed by atoms with E-state index in [1.54, 1.807) is 18.2 Å². The highest BCUT2D eigenvalue weighted by molar-refractivity contribution is 6.05. The van der Waals surface area contributed by atoms with Crippen LogP contribution in [0, 0.1) is 5.82 Å². The summed E-state index contributed by atoms with van der Waals surface area (Å²) in [4.78, 5) is 11.6. The van der Waals surface area contributed by atoms with Crippen LogP contribution in [0.5, 0.6) is 5.75 Å². The zero-order valence-electron chi connectivity index (χ0n) is 17.3. The molecule has 5 rings (SSSR count). The maximum atomic E-state index is 14.8. The largest absolute Gasteiger partial charge is 0.507 e. The molecule has 0 bridgehead atoms. The Bertz CT molecular complexity index is 1530. The number of pyridine rings is 1. The highest BCUT2D eigenvalue weighted by atomic mass is 19.4. The van der Waals surface area contributed by atoms with Crippen LogP contribution in [0.2, 0.25) is 0 Å². The van der Waals surface area contributed by atoms with Gasteiger partial charge in [-0.05, 0) is 36.4 Å². The van der Waals surface area contributed by atoms with E-state index in [0.717, 1.165) is 12.3 Å². The number of nitrogens with two attached hydrogens (primary N) is 1. The van der Waals surface area contributed by atoms with Crippen molar-refractivity contribution in [1.82, 2.24) is 19.5 Å². The lowest BCUT2D eigenvalue weighted by Crippen LogP contribution is -2.10. The van der Waals surface area contributed by atoms with E-state index in [1.807, 2.05) is 0 Å². The third kappa shape index (κ3) is 3.49. The van der Waals surface area contributed by atoms with E-state index in [9.17, 15) is 22.7 Å². The summed E-state index contributed by atoms with van der Waals surface area (Å²) in [5.74, 6) is -0.765. The lowest BCUT2D eigenvalue weighted by Gasteiger charge is -2.15. The third-order valence-electron chi connectivity index (χ3n) is 5.39. The molecular formula is C24H15F4N5O. The number of nitrogen functional groups attached to an aromatic ring is 1. The van der Waals surface area contributed by atoms with E-state index in [1.165, 1.54) is 47.4 Å². The molecule has 0 saturated heterocycles. The SMILES string of the molecule is Nc1c2c(F)cccc2c(-c2ccc(O)c(-c3cnccn3)c2)n1-c1ccnc(C(F)(F)F)c1. The molecule has 0 atom stereocenters.